The number of esters is 1. The molecule has 0 amide bonds. The van der Waals surface area contributed by atoms with Crippen molar-refractivity contribution < 1.29 is 24.1 Å². The molecule has 1 fully saturated rings. The first-order valence-electron chi connectivity index (χ1n) is 8.01. The summed E-state index contributed by atoms with van der Waals surface area (Å²) in [7, 11) is 0. The number of H-pyrrole nitrogens is 1. The minimum Gasteiger partial charge on any atom is -0.438 e. The van der Waals surface area contributed by atoms with E-state index in [4.69, 9.17) is 14.2 Å². The van der Waals surface area contributed by atoms with Crippen LogP contribution in [0.1, 0.15) is 33.9 Å². The zero-order valence-corrected chi connectivity index (χ0v) is 14.7. The van der Waals surface area contributed by atoms with Gasteiger partial charge in [-0.15, -0.1) is 0 Å². The zero-order valence-electron chi connectivity index (χ0n) is 14.7. The van der Waals surface area contributed by atoms with Crippen LogP contribution in [-0.4, -0.2) is 46.2 Å². The van der Waals surface area contributed by atoms with E-state index in [0.717, 1.165) is 0 Å². The number of carbonyl (C=O) groups is 1. The Morgan fingerprint density at radius 3 is 2.64 bits per heavy atom. The zero-order chi connectivity index (χ0) is 18.8. The highest BCUT2D eigenvalue weighted by molar-refractivity contribution is 5.75. The molecule has 0 spiro atoms. The standard InChI is InChI=1S/C16H24N2O7/c1-9-10(7-19)25-13(18-6-5-11(20)17-15(18)22)12(9)23-8-24-14(21)16(2,3)4/h5-6,9-10,12-13,19H,7-8H2,1-4H3,(H,17,20,22)/t9?,10-,12+,13-/m1/s1. The quantitative estimate of drug-likeness (QED) is 0.562. The molecule has 9 heteroatoms. The molecular formula is C16H24N2O7. The Kier molecular flexibility index (Phi) is 5.81. The summed E-state index contributed by atoms with van der Waals surface area (Å²) in [6, 6.07) is 1.19. The Hall–Kier alpha value is -1.97. The van der Waals surface area contributed by atoms with Gasteiger partial charge >= 0.3 is 11.7 Å². The largest absolute Gasteiger partial charge is 0.438 e. The van der Waals surface area contributed by atoms with Gasteiger partial charge in [-0.25, -0.2) is 4.79 Å². The molecule has 140 valence electrons. The number of nitrogens with one attached hydrogen (secondary N) is 1. The lowest BCUT2D eigenvalue weighted by Gasteiger charge is -2.24. The fourth-order valence-electron chi connectivity index (χ4n) is 2.53. The highest BCUT2D eigenvalue weighted by Gasteiger charge is 2.44. The van der Waals surface area contributed by atoms with Gasteiger partial charge in [-0.05, 0) is 20.8 Å². The van der Waals surface area contributed by atoms with Gasteiger partial charge in [0.25, 0.3) is 5.56 Å². The van der Waals surface area contributed by atoms with Crippen molar-refractivity contribution in [2.75, 3.05) is 13.4 Å². The molecule has 2 N–H and O–H groups in total. The Labute approximate surface area is 144 Å². The van der Waals surface area contributed by atoms with E-state index < -0.39 is 41.1 Å². The molecule has 1 aliphatic rings. The van der Waals surface area contributed by atoms with Crippen molar-refractivity contribution >= 4 is 5.97 Å². The molecule has 0 bridgehead atoms. The maximum absolute atomic E-state index is 12.0. The van der Waals surface area contributed by atoms with E-state index >= 15 is 0 Å². The molecular weight excluding hydrogens is 332 g/mol. The summed E-state index contributed by atoms with van der Waals surface area (Å²) in [5.74, 6) is -0.683. The number of aliphatic hydroxyl groups is 1. The first-order valence-corrected chi connectivity index (χ1v) is 8.01. The van der Waals surface area contributed by atoms with Gasteiger partial charge in [-0.1, -0.05) is 6.92 Å². The van der Waals surface area contributed by atoms with Crippen LogP contribution < -0.4 is 11.2 Å². The molecule has 0 aliphatic carbocycles. The fraction of sp³-hybridized carbons (Fsp3) is 0.688. The number of aromatic nitrogens is 2. The van der Waals surface area contributed by atoms with Crippen LogP contribution in [0.25, 0.3) is 0 Å². The maximum Gasteiger partial charge on any atom is 0.330 e. The van der Waals surface area contributed by atoms with Gasteiger partial charge in [-0.2, -0.15) is 0 Å². The summed E-state index contributed by atoms with van der Waals surface area (Å²) in [5, 5.41) is 9.44. The third-order valence-electron chi connectivity index (χ3n) is 4.07. The van der Waals surface area contributed by atoms with Crippen molar-refractivity contribution in [1.82, 2.24) is 9.55 Å². The van der Waals surface area contributed by atoms with Crippen LogP contribution in [0.2, 0.25) is 0 Å². The summed E-state index contributed by atoms with van der Waals surface area (Å²) in [5.41, 5.74) is -1.84. The van der Waals surface area contributed by atoms with E-state index in [1.165, 1.54) is 16.8 Å². The minimum atomic E-state index is -0.857. The number of aromatic amines is 1. The van der Waals surface area contributed by atoms with Crippen molar-refractivity contribution in [3.63, 3.8) is 0 Å². The van der Waals surface area contributed by atoms with E-state index in [1.54, 1.807) is 27.7 Å². The number of ether oxygens (including phenoxy) is 3. The molecule has 1 aromatic rings. The van der Waals surface area contributed by atoms with Gasteiger partial charge in [-0.3, -0.25) is 19.1 Å². The topological polar surface area (TPSA) is 120 Å². The molecule has 0 saturated carbocycles. The summed E-state index contributed by atoms with van der Waals surface area (Å²) in [4.78, 5) is 37.2. The Bertz CT molecular complexity index is 718. The second-order valence-electron chi connectivity index (χ2n) is 7.06. The molecule has 4 atom stereocenters. The van der Waals surface area contributed by atoms with E-state index in [9.17, 15) is 19.5 Å². The molecule has 0 radical (unpaired) electrons. The van der Waals surface area contributed by atoms with Crippen molar-refractivity contribution in [2.24, 2.45) is 11.3 Å². The third-order valence-corrected chi connectivity index (χ3v) is 4.07. The molecule has 2 heterocycles. The van der Waals surface area contributed by atoms with Crippen LogP contribution >= 0.6 is 0 Å². The van der Waals surface area contributed by atoms with Crippen molar-refractivity contribution in [1.29, 1.82) is 0 Å². The highest BCUT2D eigenvalue weighted by atomic mass is 16.7. The van der Waals surface area contributed by atoms with Gasteiger partial charge in [0, 0.05) is 18.2 Å². The van der Waals surface area contributed by atoms with Gasteiger partial charge in [0.1, 0.15) is 6.10 Å². The van der Waals surface area contributed by atoms with Crippen molar-refractivity contribution in [3.05, 3.63) is 33.1 Å². The average Bonchev–Trinajstić information content (AvgIpc) is 2.83. The number of hydrogen-bond acceptors (Lipinski definition) is 7. The predicted molar refractivity (Wildman–Crippen MR) is 86.8 cm³/mol. The average molecular weight is 356 g/mol. The molecule has 9 nitrogen and oxygen atoms in total. The van der Waals surface area contributed by atoms with E-state index in [1.807, 2.05) is 0 Å². The lowest BCUT2D eigenvalue weighted by atomic mass is 9.98. The molecule has 1 unspecified atom stereocenters. The lowest BCUT2D eigenvalue weighted by molar-refractivity contribution is -0.177. The van der Waals surface area contributed by atoms with Crippen LogP contribution in [0.5, 0.6) is 0 Å². The molecule has 1 aromatic heterocycles. The molecule has 2 rings (SSSR count). The van der Waals surface area contributed by atoms with Crippen molar-refractivity contribution in [2.45, 2.75) is 46.1 Å². The number of rotatable bonds is 5. The van der Waals surface area contributed by atoms with E-state index in [2.05, 4.69) is 4.98 Å². The van der Waals surface area contributed by atoms with Gasteiger partial charge in [0.05, 0.1) is 18.1 Å². The minimum absolute atomic E-state index is 0.253. The number of nitrogens with zero attached hydrogens (tertiary/aromatic N) is 1. The summed E-state index contributed by atoms with van der Waals surface area (Å²) >= 11 is 0. The number of aliphatic hydroxyl groups excluding tert-OH is 1. The molecule has 1 saturated heterocycles. The maximum atomic E-state index is 12.0. The first kappa shape index (κ1) is 19.4. The molecule has 0 aromatic carbocycles. The van der Waals surface area contributed by atoms with E-state index in [-0.39, 0.29) is 19.3 Å². The predicted octanol–water partition coefficient (Wildman–Crippen LogP) is -0.00560. The van der Waals surface area contributed by atoms with E-state index in [0.29, 0.717) is 0 Å². The summed E-state index contributed by atoms with van der Waals surface area (Å²) in [6.07, 6.45) is -0.749. The van der Waals surface area contributed by atoms with Gasteiger partial charge < -0.3 is 19.3 Å². The van der Waals surface area contributed by atoms with Gasteiger partial charge in [0.2, 0.25) is 0 Å². The number of hydrogen-bond donors (Lipinski definition) is 2. The Morgan fingerprint density at radius 2 is 2.08 bits per heavy atom. The lowest BCUT2D eigenvalue weighted by Crippen LogP contribution is -2.37. The van der Waals surface area contributed by atoms with Gasteiger partial charge in [0.15, 0.2) is 13.0 Å². The highest BCUT2D eigenvalue weighted by Crippen LogP contribution is 2.35. The first-order chi connectivity index (χ1) is 11.6. The van der Waals surface area contributed by atoms with Crippen LogP contribution in [0.15, 0.2) is 21.9 Å². The normalized spacial score (nSPS) is 26.6. The summed E-state index contributed by atoms with van der Waals surface area (Å²) in [6.45, 7) is 6.41. The molecule has 1 aliphatic heterocycles. The second-order valence-corrected chi connectivity index (χ2v) is 7.06. The smallest absolute Gasteiger partial charge is 0.330 e. The fourth-order valence-corrected chi connectivity index (χ4v) is 2.53. The third kappa shape index (κ3) is 4.36. The Morgan fingerprint density at radius 1 is 1.40 bits per heavy atom. The second kappa shape index (κ2) is 7.51. The molecule has 25 heavy (non-hydrogen) atoms. The number of carbonyl (C=O) groups excluding carboxylic acids is 1. The van der Waals surface area contributed by atoms with Crippen LogP contribution in [-0.2, 0) is 19.0 Å². The van der Waals surface area contributed by atoms with Crippen molar-refractivity contribution in [3.8, 4) is 0 Å². The summed E-state index contributed by atoms with van der Waals surface area (Å²) < 4.78 is 17.6. The van der Waals surface area contributed by atoms with Crippen LogP contribution in [0.4, 0.5) is 0 Å². The Balaban J connectivity index is 2.15. The monoisotopic (exact) mass is 356 g/mol. The SMILES string of the molecule is CC1[C@@H](CO)O[C@@H](n2ccc(=O)[nH]c2=O)[C@H]1OCOC(=O)C(C)(C)C. The van der Waals surface area contributed by atoms with Crippen LogP contribution in [0.3, 0.4) is 0 Å². The van der Waals surface area contributed by atoms with Crippen LogP contribution in [0, 0.1) is 11.3 Å².